The maximum absolute atomic E-state index is 6.35. The Balaban J connectivity index is 2.00. The fraction of sp³-hybridized carbons (Fsp3) is 0.286. The Morgan fingerprint density at radius 1 is 1.22 bits per heavy atom. The van der Waals surface area contributed by atoms with Crippen LogP contribution in [0.2, 0.25) is 5.02 Å². The van der Waals surface area contributed by atoms with Crippen LogP contribution in [0.3, 0.4) is 0 Å². The maximum Gasteiger partial charge on any atom is 0.0664 e. The molecule has 1 aliphatic rings. The highest BCUT2D eigenvalue weighted by Gasteiger charge is 2.45. The summed E-state index contributed by atoms with van der Waals surface area (Å²) < 4.78 is 0. The van der Waals surface area contributed by atoms with Gasteiger partial charge in [-0.3, -0.25) is 9.97 Å². The minimum Gasteiger partial charge on any atom is -0.330 e. The molecule has 0 aromatic carbocycles. The molecule has 2 aromatic rings. The second kappa shape index (κ2) is 4.34. The van der Waals surface area contributed by atoms with Gasteiger partial charge < -0.3 is 5.73 Å². The zero-order chi connectivity index (χ0) is 12.6. The number of hydrogen-bond acceptors (Lipinski definition) is 3. The molecule has 2 heterocycles. The number of halogens is 1. The first-order valence-corrected chi connectivity index (χ1v) is 6.39. The highest BCUT2D eigenvalue weighted by atomic mass is 35.5. The zero-order valence-corrected chi connectivity index (χ0v) is 10.7. The SMILES string of the molecule is NCC1(c2ncc(-c3ccncc3)cc2Cl)CC1. The lowest BCUT2D eigenvalue weighted by Gasteiger charge is -2.14. The summed E-state index contributed by atoms with van der Waals surface area (Å²) in [6, 6.07) is 5.86. The molecule has 2 N–H and O–H groups in total. The van der Waals surface area contributed by atoms with Crippen LogP contribution in [0.4, 0.5) is 0 Å². The first-order valence-electron chi connectivity index (χ1n) is 6.02. The molecule has 4 heteroatoms. The maximum atomic E-state index is 6.35. The van der Waals surface area contributed by atoms with Crippen LogP contribution in [0.25, 0.3) is 11.1 Å². The van der Waals surface area contributed by atoms with Crippen LogP contribution in [0.5, 0.6) is 0 Å². The highest BCUT2D eigenvalue weighted by molar-refractivity contribution is 6.31. The molecule has 0 radical (unpaired) electrons. The molecule has 1 fully saturated rings. The number of nitrogens with two attached hydrogens (primary N) is 1. The Labute approximate surface area is 111 Å². The standard InChI is InChI=1S/C14H14ClN3/c15-12-7-11(10-1-5-17-6-2-10)8-18-13(12)14(9-16)3-4-14/h1-2,5-8H,3-4,9,16H2. The third-order valence-corrected chi connectivity index (χ3v) is 3.89. The fourth-order valence-corrected chi connectivity index (χ4v) is 2.59. The quantitative estimate of drug-likeness (QED) is 0.922. The van der Waals surface area contributed by atoms with Crippen molar-refractivity contribution in [3.05, 3.63) is 47.5 Å². The molecule has 0 aliphatic heterocycles. The summed E-state index contributed by atoms with van der Waals surface area (Å²) in [4.78, 5) is 8.53. The van der Waals surface area contributed by atoms with Crippen LogP contribution in [-0.4, -0.2) is 16.5 Å². The van der Waals surface area contributed by atoms with Crippen LogP contribution in [0.15, 0.2) is 36.8 Å². The van der Waals surface area contributed by atoms with E-state index in [4.69, 9.17) is 17.3 Å². The Morgan fingerprint density at radius 3 is 2.50 bits per heavy atom. The van der Waals surface area contributed by atoms with Crippen LogP contribution in [0, 0.1) is 0 Å². The lowest BCUT2D eigenvalue weighted by Crippen LogP contribution is -2.21. The van der Waals surface area contributed by atoms with Crippen molar-refractivity contribution in [3.8, 4) is 11.1 Å². The van der Waals surface area contributed by atoms with E-state index in [2.05, 4.69) is 9.97 Å². The van der Waals surface area contributed by atoms with E-state index in [1.807, 2.05) is 24.4 Å². The normalized spacial score (nSPS) is 16.6. The molecule has 0 unspecified atom stereocenters. The third kappa shape index (κ3) is 1.89. The van der Waals surface area contributed by atoms with Crippen LogP contribution in [-0.2, 0) is 5.41 Å². The summed E-state index contributed by atoms with van der Waals surface area (Å²) in [5.74, 6) is 0. The molecule has 3 rings (SSSR count). The van der Waals surface area contributed by atoms with Crippen molar-refractivity contribution in [1.29, 1.82) is 0 Å². The number of rotatable bonds is 3. The molecular formula is C14H14ClN3. The topological polar surface area (TPSA) is 51.8 Å². The van der Waals surface area contributed by atoms with Crippen molar-refractivity contribution in [2.24, 2.45) is 5.73 Å². The molecule has 92 valence electrons. The second-order valence-electron chi connectivity index (χ2n) is 4.77. The molecule has 0 bridgehead atoms. The number of aromatic nitrogens is 2. The van der Waals surface area contributed by atoms with Crippen LogP contribution < -0.4 is 5.73 Å². The van der Waals surface area contributed by atoms with E-state index in [1.165, 1.54) is 0 Å². The lowest BCUT2D eigenvalue weighted by atomic mass is 10.0. The smallest absolute Gasteiger partial charge is 0.0664 e. The van der Waals surface area contributed by atoms with Gasteiger partial charge in [-0.2, -0.15) is 0 Å². The number of nitrogens with zero attached hydrogens (tertiary/aromatic N) is 2. The van der Waals surface area contributed by atoms with Crippen molar-refractivity contribution in [2.45, 2.75) is 18.3 Å². The molecule has 1 saturated carbocycles. The van der Waals surface area contributed by atoms with E-state index >= 15 is 0 Å². The van der Waals surface area contributed by atoms with Crippen molar-refractivity contribution in [3.63, 3.8) is 0 Å². The predicted molar refractivity (Wildman–Crippen MR) is 72.4 cm³/mol. The average molecular weight is 260 g/mol. The van der Waals surface area contributed by atoms with Gasteiger partial charge >= 0.3 is 0 Å². The summed E-state index contributed by atoms with van der Waals surface area (Å²) in [5, 5.41) is 0.715. The van der Waals surface area contributed by atoms with E-state index < -0.39 is 0 Å². The molecule has 0 spiro atoms. The van der Waals surface area contributed by atoms with E-state index in [-0.39, 0.29) is 5.41 Å². The average Bonchev–Trinajstić information content (AvgIpc) is 3.20. The van der Waals surface area contributed by atoms with Gasteiger partial charge in [0.25, 0.3) is 0 Å². The number of hydrogen-bond donors (Lipinski definition) is 1. The van der Waals surface area contributed by atoms with Gasteiger partial charge in [0.1, 0.15) is 0 Å². The zero-order valence-electron chi connectivity index (χ0n) is 9.94. The summed E-state index contributed by atoms with van der Waals surface area (Å²) in [7, 11) is 0. The highest BCUT2D eigenvalue weighted by Crippen LogP contribution is 2.48. The van der Waals surface area contributed by atoms with Crippen molar-refractivity contribution in [1.82, 2.24) is 9.97 Å². The van der Waals surface area contributed by atoms with Crippen molar-refractivity contribution >= 4 is 11.6 Å². The largest absolute Gasteiger partial charge is 0.330 e. The van der Waals surface area contributed by atoms with Crippen LogP contribution >= 0.6 is 11.6 Å². The van der Waals surface area contributed by atoms with Gasteiger partial charge in [0.2, 0.25) is 0 Å². The molecular weight excluding hydrogens is 246 g/mol. The Hall–Kier alpha value is -1.45. The lowest BCUT2D eigenvalue weighted by molar-refractivity contribution is 0.679. The summed E-state index contributed by atoms with van der Waals surface area (Å²) in [5.41, 5.74) is 8.88. The van der Waals surface area contributed by atoms with Gasteiger partial charge in [0, 0.05) is 36.1 Å². The van der Waals surface area contributed by atoms with Gasteiger partial charge in [-0.15, -0.1) is 0 Å². The molecule has 18 heavy (non-hydrogen) atoms. The van der Waals surface area contributed by atoms with Gasteiger partial charge in [-0.05, 0) is 36.6 Å². The summed E-state index contributed by atoms with van der Waals surface area (Å²) >= 11 is 6.35. The minimum atomic E-state index is 0.0356. The van der Waals surface area contributed by atoms with Gasteiger partial charge in [0.15, 0.2) is 0 Å². The summed E-state index contributed by atoms with van der Waals surface area (Å²) in [6.07, 6.45) is 7.57. The fourth-order valence-electron chi connectivity index (χ4n) is 2.22. The molecule has 0 atom stereocenters. The molecule has 1 aliphatic carbocycles. The van der Waals surface area contributed by atoms with Gasteiger partial charge in [-0.1, -0.05) is 11.6 Å². The van der Waals surface area contributed by atoms with E-state index in [0.717, 1.165) is 29.7 Å². The molecule has 0 amide bonds. The summed E-state index contributed by atoms with van der Waals surface area (Å²) in [6.45, 7) is 0.619. The third-order valence-electron chi connectivity index (χ3n) is 3.60. The second-order valence-corrected chi connectivity index (χ2v) is 5.18. The molecule has 0 saturated heterocycles. The first-order chi connectivity index (χ1) is 8.75. The monoisotopic (exact) mass is 259 g/mol. The first kappa shape index (κ1) is 11.6. The van der Waals surface area contributed by atoms with E-state index in [9.17, 15) is 0 Å². The van der Waals surface area contributed by atoms with Gasteiger partial charge in [0.05, 0.1) is 10.7 Å². The van der Waals surface area contributed by atoms with Gasteiger partial charge in [-0.25, -0.2) is 0 Å². The van der Waals surface area contributed by atoms with Crippen molar-refractivity contribution in [2.75, 3.05) is 6.54 Å². The molecule has 3 nitrogen and oxygen atoms in total. The van der Waals surface area contributed by atoms with Crippen molar-refractivity contribution < 1.29 is 0 Å². The Morgan fingerprint density at radius 2 is 1.94 bits per heavy atom. The van der Waals surface area contributed by atoms with E-state index in [0.29, 0.717) is 11.6 Å². The van der Waals surface area contributed by atoms with Crippen LogP contribution in [0.1, 0.15) is 18.5 Å². The number of pyridine rings is 2. The molecule has 2 aromatic heterocycles. The van der Waals surface area contributed by atoms with E-state index in [1.54, 1.807) is 12.4 Å². The Bertz CT molecular complexity index is 565. The predicted octanol–water partition coefficient (Wildman–Crippen LogP) is 2.79. The minimum absolute atomic E-state index is 0.0356. The Kier molecular flexibility index (Phi) is 2.80.